The van der Waals surface area contributed by atoms with Gasteiger partial charge in [0.1, 0.15) is 5.75 Å². The Labute approximate surface area is 107 Å². The Balaban J connectivity index is 2.22. The lowest BCUT2D eigenvalue weighted by molar-refractivity contribution is 0.232. The highest BCUT2D eigenvalue weighted by molar-refractivity contribution is 6.32. The molecule has 0 amide bonds. The number of hydrogen-bond acceptors (Lipinski definition) is 3. The minimum Gasteiger partial charge on any atom is -0.506 e. The number of rotatable bonds is 2. The maximum absolute atomic E-state index is 9.66. The van der Waals surface area contributed by atoms with E-state index in [2.05, 4.69) is 10.2 Å². The summed E-state index contributed by atoms with van der Waals surface area (Å²) in [6, 6.07) is 1.76. The summed E-state index contributed by atoms with van der Waals surface area (Å²) < 4.78 is 0. The number of benzene rings is 1. The van der Waals surface area contributed by atoms with E-state index in [4.69, 9.17) is 11.6 Å². The zero-order chi connectivity index (χ0) is 12.4. The van der Waals surface area contributed by atoms with Gasteiger partial charge < -0.3 is 10.4 Å². The third-order valence-electron chi connectivity index (χ3n) is 3.43. The van der Waals surface area contributed by atoms with Gasteiger partial charge in [-0.2, -0.15) is 0 Å². The van der Waals surface area contributed by atoms with Gasteiger partial charge in [0.05, 0.1) is 5.02 Å². The SMILES string of the molecule is Cc1cc(O)c(Cl)c(C)c1CN1CCNCC1. The first-order valence-corrected chi connectivity index (χ1v) is 6.38. The van der Waals surface area contributed by atoms with Crippen molar-refractivity contribution in [3.8, 4) is 5.75 Å². The van der Waals surface area contributed by atoms with Crippen LogP contribution in [0.15, 0.2) is 6.07 Å². The normalized spacial score (nSPS) is 17.4. The molecule has 3 nitrogen and oxygen atoms in total. The quantitative estimate of drug-likeness (QED) is 0.848. The van der Waals surface area contributed by atoms with E-state index < -0.39 is 0 Å². The second kappa shape index (κ2) is 5.25. The van der Waals surface area contributed by atoms with Crippen molar-refractivity contribution in [2.75, 3.05) is 26.2 Å². The third kappa shape index (κ3) is 2.73. The van der Waals surface area contributed by atoms with Crippen LogP contribution in [0.4, 0.5) is 0 Å². The van der Waals surface area contributed by atoms with E-state index in [1.807, 2.05) is 13.8 Å². The second-order valence-electron chi connectivity index (χ2n) is 4.66. The zero-order valence-electron chi connectivity index (χ0n) is 10.4. The Morgan fingerprint density at radius 1 is 1.35 bits per heavy atom. The highest BCUT2D eigenvalue weighted by Gasteiger charge is 2.15. The first-order chi connectivity index (χ1) is 8.09. The summed E-state index contributed by atoms with van der Waals surface area (Å²) >= 11 is 6.09. The van der Waals surface area contributed by atoms with E-state index in [0.29, 0.717) is 5.02 Å². The molecule has 94 valence electrons. The molecule has 4 heteroatoms. The van der Waals surface area contributed by atoms with Crippen molar-refractivity contribution in [3.63, 3.8) is 0 Å². The summed E-state index contributed by atoms with van der Waals surface area (Å²) in [6.45, 7) is 9.15. The average molecular weight is 255 g/mol. The standard InChI is InChI=1S/C13H19ClN2O/c1-9-7-12(17)13(14)10(2)11(9)8-16-5-3-15-4-6-16/h7,15,17H,3-6,8H2,1-2H3. The molecule has 1 saturated heterocycles. The fourth-order valence-electron chi connectivity index (χ4n) is 2.31. The molecule has 2 N–H and O–H groups in total. The number of aromatic hydroxyl groups is 1. The zero-order valence-corrected chi connectivity index (χ0v) is 11.1. The summed E-state index contributed by atoms with van der Waals surface area (Å²) in [7, 11) is 0. The van der Waals surface area contributed by atoms with Crippen LogP contribution >= 0.6 is 11.6 Å². The highest BCUT2D eigenvalue weighted by Crippen LogP contribution is 2.32. The Bertz CT molecular complexity index is 414. The third-order valence-corrected chi connectivity index (χ3v) is 3.90. The molecule has 1 fully saturated rings. The van der Waals surface area contributed by atoms with Gasteiger partial charge in [-0.3, -0.25) is 4.90 Å². The Morgan fingerprint density at radius 3 is 2.65 bits per heavy atom. The van der Waals surface area contributed by atoms with Crippen LogP contribution in [0, 0.1) is 13.8 Å². The Hall–Kier alpha value is -0.770. The summed E-state index contributed by atoms with van der Waals surface area (Å²) in [5.41, 5.74) is 3.36. The van der Waals surface area contributed by atoms with E-state index >= 15 is 0 Å². The van der Waals surface area contributed by atoms with Crippen molar-refractivity contribution < 1.29 is 5.11 Å². The molecule has 0 radical (unpaired) electrons. The van der Waals surface area contributed by atoms with Crippen LogP contribution in [-0.4, -0.2) is 36.2 Å². The van der Waals surface area contributed by atoms with Crippen molar-refractivity contribution in [2.24, 2.45) is 0 Å². The van der Waals surface area contributed by atoms with E-state index in [-0.39, 0.29) is 5.75 Å². The van der Waals surface area contributed by atoms with Crippen LogP contribution in [0.3, 0.4) is 0 Å². The van der Waals surface area contributed by atoms with Gasteiger partial charge in [-0.25, -0.2) is 0 Å². The number of phenols is 1. The molecule has 0 bridgehead atoms. The van der Waals surface area contributed by atoms with Gasteiger partial charge in [0.25, 0.3) is 0 Å². The number of hydrogen-bond donors (Lipinski definition) is 2. The van der Waals surface area contributed by atoms with Crippen molar-refractivity contribution >= 4 is 11.6 Å². The summed E-state index contributed by atoms with van der Waals surface area (Å²) in [6.07, 6.45) is 0. The monoisotopic (exact) mass is 254 g/mol. The molecular formula is C13H19ClN2O. The van der Waals surface area contributed by atoms with Gasteiger partial charge >= 0.3 is 0 Å². The average Bonchev–Trinajstić information content (AvgIpc) is 2.33. The Kier molecular flexibility index (Phi) is 3.92. The molecule has 1 aliphatic rings. The molecular weight excluding hydrogens is 236 g/mol. The van der Waals surface area contributed by atoms with Crippen molar-refractivity contribution in [1.82, 2.24) is 10.2 Å². The lowest BCUT2D eigenvalue weighted by atomic mass is 10.0. The number of aryl methyl sites for hydroxylation is 1. The van der Waals surface area contributed by atoms with Gasteiger partial charge in [0.15, 0.2) is 0 Å². The smallest absolute Gasteiger partial charge is 0.134 e. The largest absolute Gasteiger partial charge is 0.506 e. The predicted molar refractivity (Wildman–Crippen MR) is 70.7 cm³/mol. The predicted octanol–water partition coefficient (Wildman–Crippen LogP) is 2.07. The van der Waals surface area contributed by atoms with E-state index in [1.54, 1.807) is 6.07 Å². The van der Waals surface area contributed by atoms with Crippen LogP contribution in [0.2, 0.25) is 5.02 Å². The molecule has 0 unspecified atom stereocenters. The topological polar surface area (TPSA) is 35.5 Å². The lowest BCUT2D eigenvalue weighted by Crippen LogP contribution is -2.43. The van der Waals surface area contributed by atoms with E-state index in [0.717, 1.165) is 43.9 Å². The molecule has 1 heterocycles. The number of halogens is 1. The van der Waals surface area contributed by atoms with Gasteiger partial charge in [0, 0.05) is 32.7 Å². The minimum absolute atomic E-state index is 0.186. The van der Waals surface area contributed by atoms with E-state index in [1.165, 1.54) is 5.56 Å². The highest BCUT2D eigenvalue weighted by atomic mass is 35.5. The van der Waals surface area contributed by atoms with Gasteiger partial charge in [-0.15, -0.1) is 0 Å². The first-order valence-electron chi connectivity index (χ1n) is 6.00. The number of piperazine rings is 1. The minimum atomic E-state index is 0.186. The summed E-state index contributed by atoms with van der Waals surface area (Å²) in [5.74, 6) is 0.186. The molecule has 0 aliphatic carbocycles. The summed E-state index contributed by atoms with van der Waals surface area (Å²) in [4.78, 5) is 2.42. The molecule has 1 aliphatic heterocycles. The molecule has 1 aromatic carbocycles. The summed E-state index contributed by atoms with van der Waals surface area (Å²) in [5, 5.41) is 13.5. The van der Waals surface area contributed by atoms with Crippen molar-refractivity contribution in [2.45, 2.75) is 20.4 Å². The second-order valence-corrected chi connectivity index (χ2v) is 5.03. The van der Waals surface area contributed by atoms with E-state index in [9.17, 15) is 5.11 Å². The lowest BCUT2D eigenvalue weighted by Gasteiger charge is -2.28. The van der Waals surface area contributed by atoms with Crippen molar-refractivity contribution in [1.29, 1.82) is 0 Å². The van der Waals surface area contributed by atoms with Crippen LogP contribution in [0.1, 0.15) is 16.7 Å². The Morgan fingerprint density at radius 2 is 2.00 bits per heavy atom. The van der Waals surface area contributed by atoms with Crippen LogP contribution in [0.25, 0.3) is 0 Å². The number of nitrogens with zero attached hydrogens (tertiary/aromatic N) is 1. The molecule has 0 atom stereocenters. The molecule has 0 spiro atoms. The molecule has 0 saturated carbocycles. The number of nitrogens with one attached hydrogen (secondary N) is 1. The van der Waals surface area contributed by atoms with Gasteiger partial charge in [-0.1, -0.05) is 11.6 Å². The van der Waals surface area contributed by atoms with Crippen LogP contribution in [-0.2, 0) is 6.54 Å². The fourth-order valence-corrected chi connectivity index (χ4v) is 2.48. The number of phenolic OH excluding ortho intramolecular Hbond substituents is 1. The van der Waals surface area contributed by atoms with Crippen LogP contribution in [0.5, 0.6) is 5.75 Å². The van der Waals surface area contributed by atoms with Gasteiger partial charge in [0.2, 0.25) is 0 Å². The molecule has 0 aromatic heterocycles. The maximum atomic E-state index is 9.66. The molecule has 1 aromatic rings. The fraction of sp³-hybridized carbons (Fsp3) is 0.538. The van der Waals surface area contributed by atoms with Gasteiger partial charge in [-0.05, 0) is 36.6 Å². The van der Waals surface area contributed by atoms with Crippen LogP contribution < -0.4 is 5.32 Å². The molecule has 2 rings (SSSR count). The van der Waals surface area contributed by atoms with Crippen molar-refractivity contribution in [3.05, 3.63) is 27.8 Å². The molecule has 17 heavy (non-hydrogen) atoms. The first kappa shape index (κ1) is 12.7. The maximum Gasteiger partial charge on any atom is 0.134 e.